The Labute approximate surface area is 142 Å². The molecule has 3 aromatic rings. The van der Waals surface area contributed by atoms with Gasteiger partial charge in [-0.25, -0.2) is 9.78 Å². The van der Waals surface area contributed by atoms with Crippen LogP contribution in [0, 0.1) is 6.92 Å². The molecule has 0 aliphatic heterocycles. The third-order valence-corrected chi connectivity index (χ3v) is 4.36. The molecule has 3 rings (SSSR count). The number of rotatable bonds is 3. The molecule has 0 unspecified atom stereocenters. The smallest absolute Gasteiger partial charge is 0.327 e. The number of aryl methyl sites for hydroxylation is 1. The number of para-hydroxylation sites is 1. The van der Waals surface area contributed by atoms with Gasteiger partial charge in [-0.2, -0.15) is 0 Å². The first-order valence-corrected chi connectivity index (χ1v) is 8.01. The first-order chi connectivity index (χ1) is 11.6. The molecule has 122 valence electrons. The van der Waals surface area contributed by atoms with E-state index in [4.69, 9.17) is 4.74 Å². The van der Waals surface area contributed by atoms with Gasteiger partial charge in [-0.05, 0) is 42.8 Å². The Hall–Kier alpha value is -2.93. The molecular weight excluding hydrogens is 326 g/mol. The Morgan fingerprint density at radius 2 is 1.88 bits per heavy atom. The minimum atomic E-state index is -0.618. The summed E-state index contributed by atoms with van der Waals surface area (Å²) in [5.41, 5.74) is 2.25. The van der Waals surface area contributed by atoms with E-state index in [0.717, 1.165) is 15.8 Å². The lowest BCUT2D eigenvalue weighted by Gasteiger charge is -2.05. The quantitative estimate of drug-likeness (QED) is 0.763. The van der Waals surface area contributed by atoms with Crippen molar-refractivity contribution < 1.29 is 14.3 Å². The molecule has 2 N–H and O–H groups in total. The van der Waals surface area contributed by atoms with Gasteiger partial charge in [-0.3, -0.25) is 15.4 Å². The molecule has 0 fully saturated rings. The molecule has 0 radical (unpaired) electrons. The number of anilines is 1. The largest absolute Gasteiger partial charge is 0.497 e. The summed E-state index contributed by atoms with van der Waals surface area (Å²) in [5, 5.41) is 5.32. The summed E-state index contributed by atoms with van der Waals surface area (Å²) < 4.78 is 6.01. The molecule has 7 heteroatoms. The number of nitrogens with one attached hydrogen (secondary N) is 2. The lowest BCUT2D eigenvalue weighted by atomic mass is 10.2. The second-order valence-corrected chi connectivity index (χ2v) is 6.11. The Morgan fingerprint density at radius 3 is 2.54 bits per heavy atom. The number of hydrogen-bond donors (Lipinski definition) is 2. The number of methoxy groups -OCH3 is 1. The van der Waals surface area contributed by atoms with Gasteiger partial charge in [0, 0.05) is 5.56 Å². The number of amides is 3. The third-order valence-electron chi connectivity index (χ3n) is 3.42. The predicted octanol–water partition coefficient (Wildman–Crippen LogP) is 3.58. The number of fused-ring (bicyclic) bond motifs is 1. The van der Waals surface area contributed by atoms with Crippen molar-refractivity contribution >= 4 is 38.6 Å². The number of thiazole rings is 1. The molecule has 0 aliphatic carbocycles. The first-order valence-electron chi connectivity index (χ1n) is 7.19. The molecule has 0 aliphatic rings. The van der Waals surface area contributed by atoms with E-state index in [1.165, 1.54) is 11.3 Å². The predicted molar refractivity (Wildman–Crippen MR) is 93.8 cm³/mol. The zero-order valence-corrected chi connectivity index (χ0v) is 13.9. The summed E-state index contributed by atoms with van der Waals surface area (Å²) in [4.78, 5) is 28.4. The SMILES string of the molecule is COc1ccc(C(=O)NC(=O)Nc2nc3c(C)cccc3s2)cc1. The molecular formula is C17H15N3O3S. The van der Waals surface area contributed by atoms with Crippen LogP contribution in [0.5, 0.6) is 5.75 Å². The van der Waals surface area contributed by atoms with E-state index in [0.29, 0.717) is 16.4 Å². The summed E-state index contributed by atoms with van der Waals surface area (Å²) in [7, 11) is 1.54. The molecule has 0 bridgehead atoms. The van der Waals surface area contributed by atoms with Crippen LogP contribution in [0.2, 0.25) is 0 Å². The number of nitrogens with zero attached hydrogens (tertiary/aromatic N) is 1. The first kappa shape index (κ1) is 15.9. The van der Waals surface area contributed by atoms with Crippen LogP contribution in [0.1, 0.15) is 15.9 Å². The third kappa shape index (κ3) is 3.36. The van der Waals surface area contributed by atoms with Crippen LogP contribution in [0.4, 0.5) is 9.93 Å². The molecule has 1 heterocycles. The summed E-state index contributed by atoms with van der Waals surface area (Å²) >= 11 is 1.36. The van der Waals surface area contributed by atoms with E-state index in [1.54, 1.807) is 31.4 Å². The lowest BCUT2D eigenvalue weighted by molar-refractivity contribution is 0.0967. The number of urea groups is 1. The highest BCUT2D eigenvalue weighted by Gasteiger charge is 2.13. The van der Waals surface area contributed by atoms with Gasteiger partial charge in [0.05, 0.1) is 17.3 Å². The van der Waals surface area contributed by atoms with Crippen molar-refractivity contribution in [2.24, 2.45) is 0 Å². The fourth-order valence-corrected chi connectivity index (χ4v) is 3.12. The molecule has 0 atom stereocenters. The number of aromatic nitrogens is 1. The van der Waals surface area contributed by atoms with E-state index in [9.17, 15) is 9.59 Å². The minimum Gasteiger partial charge on any atom is -0.497 e. The van der Waals surface area contributed by atoms with Gasteiger partial charge in [-0.15, -0.1) is 0 Å². The van der Waals surface area contributed by atoms with Crippen LogP contribution in [-0.4, -0.2) is 24.0 Å². The molecule has 1 aromatic heterocycles. The number of imide groups is 1. The van der Waals surface area contributed by atoms with Crippen molar-refractivity contribution in [3.63, 3.8) is 0 Å². The molecule has 0 spiro atoms. The topological polar surface area (TPSA) is 80.3 Å². The van der Waals surface area contributed by atoms with Crippen LogP contribution in [0.15, 0.2) is 42.5 Å². The maximum atomic E-state index is 12.0. The van der Waals surface area contributed by atoms with E-state index < -0.39 is 11.9 Å². The van der Waals surface area contributed by atoms with Gasteiger partial charge in [-0.1, -0.05) is 23.5 Å². The van der Waals surface area contributed by atoms with Gasteiger partial charge in [0.25, 0.3) is 5.91 Å². The highest BCUT2D eigenvalue weighted by Crippen LogP contribution is 2.27. The van der Waals surface area contributed by atoms with Crippen molar-refractivity contribution in [2.75, 3.05) is 12.4 Å². The van der Waals surface area contributed by atoms with Gasteiger partial charge < -0.3 is 4.74 Å². The molecule has 6 nitrogen and oxygen atoms in total. The maximum Gasteiger partial charge on any atom is 0.327 e. The zero-order valence-electron chi connectivity index (χ0n) is 13.1. The average molecular weight is 341 g/mol. The van der Waals surface area contributed by atoms with E-state index in [2.05, 4.69) is 15.6 Å². The van der Waals surface area contributed by atoms with Crippen molar-refractivity contribution in [3.05, 3.63) is 53.6 Å². The standard InChI is InChI=1S/C17H15N3O3S/c1-10-4-3-5-13-14(10)18-17(24-13)20-16(22)19-15(21)11-6-8-12(23-2)9-7-11/h3-9H,1-2H3,(H2,18,19,20,21,22). The maximum absolute atomic E-state index is 12.0. The Morgan fingerprint density at radius 1 is 1.12 bits per heavy atom. The van der Waals surface area contributed by atoms with Crippen molar-refractivity contribution in [1.29, 1.82) is 0 Å². The van der Waals surface area contributed by atoms with E-state index in [-0.39, 0.29) is 0 Å². The van der Waals surface area contributed by atoms with Crippen LogP contribution < -0.4 is 15.4 Å². The normalized spacial score (nSPS) is 10.4. The van der Waals surface area contributed by atoms with E-state index in [1.807, 2.05) is 25.1 Å². The average Bonchev–Trinajstić information content (AvgIpc) is 2.98. The van der Waals surface area contributed by atoms with Crippen LogP contribution in [-0.2, 0) is 0 Å². The second kappa shape index (κ2) is 6.67. The monoisotopic (exact) mass is 341 g/mol. The lowest BCUT2D eigenvalue weighted by Crippen LogP contribution is -2.34. The van der Waals surface area contributed by atoms with Gasteiger partial charge in [0.2, 0.25) is 0 Å². The van der Waals surface area contributed by atoms with E-state index >= 15 is 0 Å². The second-order valence-electron chi connectivity index (χ2n) is 5.08. The van der Waals surface area contributed by atoms with Gasteiger partial charge in [0.1, 0.15) is 5.75 Å². The van der Waals surface area contributed by atoms with Gasteiger partial charge in [0.15, 0.2) is 5.13 Å². The zero-order chi connectivity index (χ0) is 17.1. The van der Waals surface area contributed by atoms with Crippen LogP contribution >= 0.6 is 11.3 Å². The number of hydrogen-bond acceptors (Lipinski definition) is 5. The number of ether oxygens (including phenoxy) is 1. The van der Waals surface area contributed by atoms with Crippen LogP contribution in [0.3, 0.4) is 0 Å². The van der Waals surface area contributed by atoms with Crippen molar-refractivity contribution in [3.8, 4) is 5.75 Å². The van der Waals surface area contributed by atoms with Crippen LogP contribution in [0.25, 0.3) is 10.2 Å². The highest BCUT2D eigenvalue weighted by atomic mass is 32.1. The number of carbonyl (C=O) groups is 2. The Kier molecular flexibility index (Phi) is 4.43. The van der Waals surface area contributed by atoms with Crippen molar-refractivity contribution in [1.82, 2.24) is 10.3 Å². The van der Waals surface area contributed by atoms with Crippen molar-refractivity contribution in [2.45, 2.75) is 6.92 Å². The molecule has 3 amide bonds. The molecule has 0 saturated heterocycles. The Balaban J connectivity index is 1.67. The summed E-state index contributed by atoms with van der Waals surface area (Å²) in [6.45, 7) is 1.96. The Bertz CT molecular complexity index is 903. The number of carbonyl (C=O) groups excluding carboxylic acids is 2. The summed E-state index contributed by atoms with van der Waals surface area (Å²) in [6.07, 6.45) is 0. The highest BCUT2D eigenvalue weighted by molar-refractivity contribution is 7.22. The minimum absolute atomic E-state index is 0.367. The summed E-state index contributed by atoms with van der Waals surface area (Å²) in [6, 6.07) is 11.7. The molecule has 2 aromatic carbocycles. The molecule has 0 saturated carbocycles. The summed E-state index contributed by atoms with van der Waals surface area (Å²) in [5.74, 6) is 0.147. The molecule has 24 heavy (non-hydrogen) atoms. The number of benzene rings is 2. The fourth-order valence-electron chi connectivity index (χ4n) is 2.19. The van der Waals surface area contributed by atoms with Gasteiger partial charge >= 0.3 is 6.03 Å². The fraction of sp³-hybridized carbons (Fsp3) is 0.118.